The van der Waals surface area contributed by atoms with Crippen LogP contribution in [0.3, 0.4) is 0 Å². The lowest BCUT2D eigenvalue weighted by molar-refractivity contribution is -0.116. The minimum absolute atomic E-state index is 0.0193. The average Bonchev–Trinajstić information content (AvgIpc) is 3.11. The number of imidazole rings is 1. The molecule has 0 aliphatic carbocycles. The minimum Gasteiger partial charge on any atom is -0.326 e. The third-order valence-electron chi connectivity index (χ3n) is 3.91. The fraction of sp³-hybridized carbons (Fsp3) is 0.278. The van der Waals surface area contributed by atoms with Crippen molar-refractivity contribution in [3.63, 3.8) is 0 Å². The molecule has 0 aliphatic heterocycles. The van der Waals surface area contributed by atoms with Gasteiger partial charge < -0.3 is 9.88 Å². The summed E-state index contributed by atoms with van der Waals surface area (Å²) in [7, 11) is 0. The van der Waals surface area contributed by atoms with Crippen LogP contribution in [0.1, 0.15) is 23.6 Å². The summed E-state index contributed by atoms with van der Waals surface area (Å²) in [6, 6.07) is 9.73. The molecule has 2 heterocycles. The molecule has 0 aliphatic rings. The summed E-state index contributed by atoms with van der Waals surface area (Å²) in [5.41, 5.74) is 3.85. The van der Waals surface area contributed by atoms with Crippen LogP contribution in [0.2, 0.25) is 0 Å². The second-order valence-electron chi connectivity index (χ2n) is 5.84. The Morgan fingerprint density at radius 1 is 1.17 bits per heavy atom. The molecule has 0 spiro atoms. The summed E-state index contributed by atoms with van der Waals surface area (Å²) in [5, 5.41) is 7.29. The number of hydrogen-bond donors (Lipinski definition) is 1. The molecule has 6 nitrogen and oxygen atoms in total. The van der Waals surface area contributed by atoms with Gasteiger partial charge in [0.2, 0.25) is 5.91 Å². The predicted octanol–water partition coefficient (Wildman–Crippen LogP) is 3.02. The van der Waals surface area contributed by atoms with E-state index in [0.29, 0.717) is 13.0 Å². The van der Waals surface area contributed by atoms with E-state index in [1.54, 1.807) is 6.20 Å². The first-order valence-corrected chi connectivity index (χ1v) is 7.94. The zero-order valence-electron chi connectivity index (χ0n) is 14.2. The van der Waals surface area contributed by atoms with Crippen molar-refractivity contribution < 1.29 is 4.79 Å². The fourth-order valence-electron chi connectivity index (χ4n) is 2.69. The standard InChI is InChI=1S/C18H21N5O/c1-13-12-14(2)23(21-13)10-8-18(24)20-16-4-6-17(7-5-16)22-11-9-19-15(22)3/h4-7,9,11-12H,8,10H2,1-3H3,(H,20,24). The number of nitrogens with one attached hydrogen (secondary N) is 1. The van der Waals surface area contributed by atoms with Crippen LogP contribution in [0.15, 0.2) is 42.7 Å². The molecule has 1 N–H and O–H groups in total. The average molecular weight is 323 g/mol. The predicted molar refractivity (Wildman–Crippen MR) is 93.2 cm³/mol. The normalized spacial score (nSPS) is 10.8. The number of amides is 1. The van der Waals surface area contributed by atoms with Crippen LogP contribution >= 0.6 is 0 Å². The van der Waals surface area contributed by atoms with E-state index >= 15 is 0 Å². The van der Waals surface area contributed by atoms with Gasteiger partial charge in [-0.2, -0.15) is 5.10 Å². The van der Waals surface area contributed by atoms with E-state index in [0.717, 1.165) is 28.6 Å². The van der Waals surface area contributed by atoms with Gasteiger partial charge in [0, 0.05) is 42.4 Å². The van der Waals surface area contributed by atoms with Gasteiger partial charge in [0.1, 0.15) is 5.82 Å². The largest absolute Gasteiger partial charge is 0.326 e. The fourth-order valence-corrected chi connectivity index (χ4v) is 2.69. The van der Waals surface area contributed by atoms with E-state index < -0.39 is 0 Å². The summed E-state index contributed by atoms with van der Waals surface area (Å²) < 4.78 is 3.86. The van der Waals surface area contributed by atoms with Crippen molar-refractivity contribution in [1.82, 2.24) is 19.3 Å². The van der Waals surface area contributed by atoms with Crippen molar-refractivity contribution in [2.24, 2.45) is 0 Å². The molecule has 24 heavy (non-hydrogen) atoms. The second kappa shape index (κ2) is 6.70. The molecule has 0 fully saturated rings. The minimum atomic E-state index is -0.0193. The van der Waals surface area contributed by atoms with Gasteiger partial charge in [0.15, 0.2) is 0 Å². The van der Waals surface area contributed by atoms with Crippen LogP contribution < -0.4 is 5.32 Å². The highest BCUT2D eigenvalue weighted by Crippen LogP contribution is 2.15. The summed E-state index contributed by atoms with van der Waals surface area (Å²) in [6.07, 6.45) is 4.08. The van der Waals surface area contributed by atoms with Gasteiger partial charge in [-0.1, -0.05) is 0 Å². The first-order valence-electron chi connectivity index (χ1n) is 7.94. The lowest BCUT2D eigenvalue weighted by Gasteiger charge is -2.09. The Morgan fingerprint density at radius 3 is 2.50 bits per heavy atom. The van der Waals surface area contributed by atoms with E-state index in [-0.39, 0.29) is 5.91 Å². The number of nitrogens with zero attached hydrogens (tertiary/aromatic N) is 4. The van der Waals surface area contributed by atoms with Crippen LogP contribution in [0.4, 0.5) is 5.69 Å². The molecular formula is C18H21N5O. The quantitative estimate of drug-likeness (QED) is 0.785. The Bertz CT molecular complexity index is 845. The lowest BCUT2D eigenvalue weighted by Crippen LogP contribution is -2.15. The van der Waals surface area contributed by atoms with Gasteiger partial charge in [-0.25, -0.2) is 4.98 Å². The molecule has 2 aromatic heterocycles. The molecule has 3 aromatic rings. The zero-order valence-corrected chi connectivity index (χ0v) is 14.2. The second-order valence-corrected chi connectivity index (χ2v) is 5.84. The molecule has 1 amide bonds. The molecular weight excluding hydrogens is 302 g/mol. The highest BCUT2D eigenvalue weighted by molar-refractivity contribution is 5.90. The summed E-state index contributed by atoms with van der Waals surface area (Å²) in [4.78, 5) is 16.3. The Hall–Kier alpha value is -2.89. The molecule has 3 rings (SSSR count). The molecule has 124 valence electrons. The van der Waals surface area contributed by atoms with E-state index in [2.05, 4.69) is 15.4 Å². The van der Waals surface area contributed by atoms with E-state index in [4.69, 9.17) is 0 Å². The monoisotopic (exact) mass is 323 g/mol. The number of carbonyl (C=O) groups excluding carboxylic acids is 1. The highest BCUT2D eigenvalue weighted by atomic mass is 16.1. The highest BCUT2D eigenvalue weighted by Gasteiger charge is 2.06. The van der Waals surface area contributed by atoms with E-state index in [1.165, 1.54) is 0 Å². The van der Waals surface area contributed by atoms with Crippen LogP contribution in [0.25, 0.3) is 5.69 Å². The van der Waals surface area contributed by atoms with Gasteiger partial charge in [-0.05, 0) is 51.1 Å². The molecule has 0 unspecified atom stereocenters. The lowest BCUT2D eigenvalue weighted by atomic mass is 10.2. The maximum Gasteiger partial charge on any atom is 0.226 e. The van der Waals surface area contributed by atoms with Crippen LogP contribution in [0, 0.1) is 20.8 Å². The molecule has 0 bridgehead atoms. The van der Waals surface area contributed by atoms with Crippen LogP contribution in [-0.2, 0) is 11.3 Å². The van der Waals surface area contributed by atoms with Crippen molar-refractivity contribution in [2.75, 3.05) is 5.32 Å². The maximum absolute atomic E-state index is 12.1. The smallest absolute Gasteiger partial charge is 0.226 e. The number of carbonyl (C=O) groups is 1. The first-order chi connectivity index (χ1) is 11.5. The Labute approximate surface area is 141 Å². The van der Waals surface area contributed by atoms with E-state index in [9.17, 15) is 4.79 Å². The Morgan fingerprint density at radius 2 is 1.92 bits per heavy atom. The molecule has 0 radical (unpaired) electrons. The summed E-state index contributed by atoms with van der Waals surface area (Å²) in [6.45, 7) is 6.48. The van der Waals surface area contributed by atoms with Crippen molar-refractivity contribution in [3.05, 3.63) is 59.9 Å². The van der Waals surface area contributed by atoms with Crippen molar-refractivity contribution in [2.45, 2.75) is 33.7 Å². The van der Waals surface area contributed by atoms with E-state index in [1.807, 2.05) is 66.5 Å². The molecule has 6 heteroatoms. The number of benzene rings is 1. The maximum atomic E-state index is 12.1. The van der Waals surface area contributed by atoms with Crippen LogP contribution in [0.5, 0.6) is 0 Å². The zero-order chi connectivity index (χ0) is 17.1. The summed E-state index contributed by atoms with van der Waals surface area (Å²) >= 11 is 0. The van der Waals surface area contributed by atoms with Crippen molar-refractivity contribution in [1.29, 1.82) is 0 Å². The third kappa shape index (κ3) is 3.53. The molecule has 0 saturated heterocycles. The Balaban J connectivity index is 1.58. The van der Waals surface area contributed by atoms with Gasteiger partial charge in [-0.15, -0.1) is 0 Å². The SMILES string of the molecule is Cc1cc(C)n(CCC(=O)Nc2ccc(-n3ccnc3C)cc2)n1. The molecule has 0 saturated carbocycles. The third-order valence-corrected chi connectivity index (χ3v) is 3.91. The number of hydrogen-bond acceptors (Lipinski definition) is 3. The number of rotatable bonds is 5. The van der Waals surface area contributed by atoms with Crippen LogP contribution in [-0.4, -0.2) is 25.2 Å². The topological polar surface area (TPSA) is 64.7 Å². The number of aryl methyl sites for hydroxylation is 4. The summed E-state index contributed by atoms with van der Waals surface area (Å²) in [5.74, 6) is 0.908. The number of anilines is 1. The van der Waals surface area contributed by atoms with Gasteiger partial charge in [-0.3, -0.25) is 9.48 Å². The van der Waals surface area contributed by atoms with Gasteiger partial charge >= 0.3 is 0 Å². The first kappa shape index (κ1) is 16.0. The number of aromatic nitrogens is 4. The molecule has 1 aromatic carbocycles. The van der Waals surface area contributed by atoms with Gasteiger partial charge in [0.05, 0.1) is 5.69 Å². The van der Waals surface area contributed by atoms with Crippen molar-refractivity contribution >= 4 is 11.6 Å². The van der Waals surface area contributed by atoms with Gasteiger partial charge in [0.25, 0.3) is 0 Å². The van der Waals surface area contributed by atoms with Crippen molar-refractivity contribution in [3.8, 4) is 5.69 Å². The molecule has 0 atom stereocenters. The Kier molecular flexibility index (Phi) is 4.46.